The Balaban J connectivity index is 3.11. The van der Waals surface area contributed by atoms with Crippen LogP contribution in [0, 0.1) is 30.2 Å². The van der Waals surface area contributed by atoms with Crippen LogP contribution in [-0.4, -0.2) is 21.3 Å². The van der Waals surface area contributed by atoms with Crippen molar-refractivity contribution in [1.82, 2.24) is 0 Å². The zero-order valence-electron chi connectivity index (χ0n) is 11.4. The number of benzene rings is 1. The Morgan fingerprint density at radius 3 is 1.55 bits per heavy atom. The summed E-state index contributed by atoms with van der Waals surface area (Å²) in [7, 11) is 3.73. The van der Waals surface area contributed by atoms with Gasteiger partial charge >= 0.3 is 120 Å². The summed E-state index contributed by atoms with van der Waals surface area (Å²) in [6.07, 6.45) is 0. The van der Waals surface area contributed by atoms with E-state index in [1.807, 2.05) is 0 Å². The fraction of sp³-hybridized carbons (Fsp3) is 0.455. The number of rotatable bonds is 6. The molecule has 1 aromatic carbocycles. The predicted octanol–water partition coefficient (Wildman–Crippen LogP) is 2.82. The van der Waals surface area contributed by atoms with E-state index in [2.05, 4.69) is 0 Å². The van der Waals surface area contributed by atoms with Crippen molar-refractivity contribution in [2.45, 2.75) is 13.5 Å². The number of hydrogen-bond acceptors (Lipinski definition) is 4. The second kappa shape index (κ2) is 7.09. The molecule has 0 aromatic heterocycles. The molecule has 0 N–H and O–H groups in total. The normalized spacial score (nSPS) is 12.0. The Hall–Kier alpha value is -0.337. The molecular formula is C11H14F4O4Zr. The molecule has 0 aliphatic carbocycles. The second-order valence-corrected chi connectivity index (χ2v) is 9.94. The molecule has 0 amide bonds. The molecule has 0 unspecified atom stereocenters. The van der Waals surface area contributed by atoms with Gasteiger partial charge in [-0.3, -0.25) is 0 Å². The summed E-state index contributed by atoms with van der Waals surface area (Å²) in [6.45, 7) is 0.168. The van der Waals surface area contributed by atoms with Crippen LogP contribution in [0.15, 0.2) is 0 Å². The van der Waals surface area contributed by atoms with Crippen molar-refractivity contribution in [3.63, 3.8) is 0 Å². The Bertz CT molecular complexity index is 457. The monoisotopic (exact) mass is 376 g/mol. The topological polar surface area (TPSA) is 36.9 Å². The molecule has 0 saturated carbocycles. The molecule has 0 bridgehead atoms. The quantitative estimate of drug-likeness (QED) is 0.564. The van der Waals surface area contributed by atoms with Crippen LogP contribution in [0.1, 0.15) is 11.1 Å². The van der Waals surface area contributed by atoms with Crippen LogP contribution < -0.4 is 0 Å². The van der Waals surface area contributed by atoms with Gasteiger partial charge in [0.2, 0.25) is 0 Å². The van der Waals surface area contributed by atoms with Gasteiger partial charge in [0.25, 0.3) is 0 Å². The van der Waals surface area contributed by atoms with Gasteiger partial charge in [-0.1, -0.05) is 0 Å². The first-order valence-electron chi connectivity index (χ1n) is 5.44. The van der Waals surface area contributed by atoms with Crippen LogP contribution in [0.5, 0.6) is 0 Å². The maximum atomic E-state index is 13.6. The van der Waals surface area contributed by atoms with Gasteiger partial charge in [0.15, 0.2) is 0 Å². The van der Waals surface area contributed by atoms with E-state index in [1.54, 1.807) is 0 Å². The van der Waals surface area contributed by atoms with Crippen molar-refractivity contribution in [2.75, 3.05) is 21.3 Å². The van der Waals surface area contributed by atoms with Gasteiger partial charge in [0.05, 0.1) is 0 Å². The molecule has 0 atom stereocenters. The van der Waals surface area contributed by atoms with Gasteiger partial charge in [-0.05, 0) is 0 Å². The number of halogens is 4. The zero-order valence-corrected chi connectivity index (χ0v) is 13.8. The fourth-order valence-corrected chi connectivity index (χ4v) is 4.39. The van der Waals surface area contributed by atoms with Crippen molar-refractivity contribution in [3.05, 3.63) is 34.4 Å². The summed E-state index contributed by atoms with van der Waals surface area (Å²) in [5, 5.41) is 0. The summed E-state index contributed by atoms with van der Waals surface area (Å²) in [4.78, 5) is 0. The van der Waals surface area contributed by atoms with Crippen LogP contribution in [-0.2, 0) is 39.9 Å². The average Bonchev–Trinajstić information content (AvgIpc) is 2.47. The molecule has 4 nitrogen and oxygen atoms in total. The Kier molecular flexibility index (Phi) is 6.28. The fourth-order valence-electron chi connectivity index (χ4n) is 1.50. The van der Waals surface area contributed by atoms with E-state index in [9.17, 15) is 17.6 Å². The summed E-state index contributed by atoms with van der Waals surface area (Å²) >= 11 is -4.36. The van der Waals surface area contributed by atoms with E-state index in [0.717, 1.165) is 6.92 Å². The Labute approximate surface area is 120 Å². The van der Waals surface area contributed by atoms with Crippen molar-refractivity contribution in [2.24, 2.45) is 0 Å². The molecule has 1 rings (SSSR count). The summed E-state index contributed by atoms with van der Waals surface area (Å²) < 4.78 is 73.9. The SMILES string of the molecule is C[O][Zr]([O]C)([O]C)[O]Cc1c(F)c(F)c(C)c(F)c1F. The Morgan fingerprint density at radius 2 is 1.20 bits per heavy atom. The summed E-state index contributed by atoms with van der Waals surface area (Å²) in [5.74, 6) is -5.94. The van der Waals surface area contributed by atoms with Crippen LogP contribution in [0.25, 0.3) is 0 Å². The van der Waals surface area contributed by atoms with E-state index < -0.39 is 63.0 Å². The third-order valence-corrected chi connectivity index (χ3v) is 7.63. The van der Waals surface area contributed by atoms with Gasteiger partial charge in [-0.25, -0.2) is 0 Å². The van der Waals surface area contributed by atoms with E-state index >= 15 is 0 Å². The molecule has 20 heavy (non-hydrogen) atoms. The molecule has 0 aliphatic heterocycles. The zero-order chi connectivity index (χ0) is 15.5. The van der Waals surface area contributed by atoms with Crippen LogP contribution in [0.3, 0.4) is 0 Å². The third-order valence-electron chi connectivity index (χ3n) is 2.72. The molecule has 9 heteroatoms. The molecule has 114 valence electrons. The maximum absolute atomic E-state index is 13.6. The number of hydrogen-bond donors (Lipinski definition) is 0. The standard InChI is InChI=1S/C8H5F4O.3CH3O.Zr/c1-3-5(9)7(11)4(2-13)8(12)6(3)10;3*1-2;/h2H2,1H3;3*1H3;/q4*-1;+4. The van der Waals surface area contributed by atoms with Crippen molar-refractivity contribution in [1.29, 1.82) is 0 Å². The van der Waals surface area contributed by atoms with E-state index in [0.29, 0.717) is 0 Å². The predicted molar refractivity (Wildman–Crippen MR) is 56.8 cm³/mol. The molecule has 0 heterocycles. The van der Waals surface area contributed by atoms with E-state index in [4.69, 9.17) is 11.3 Å². The molecule has 1 aromatic rings. The van der Waals surface area contributed by atoms with Gasteiger partial charge in [0, 0.05) is 0 Å². The minimum absolute atomic E-state index is 0.733. The molecule has 0 spiro atoms. The first kappa shape index (κ1) is 17.7. The molecule has 0 radical (unpaired) electrons. The van der Waals surface area contributed by atoms with E-state index in [-0.39, 0.29) is 0 Å². The van der Waals surface area contributed by atoms with Crippen molar-refractivity contribution in [3.8, 4) is 0 Å². The second-order valence-electron chi connectivity index (χ2n) is 3.76. The van der Waals surface area contributed by atoms with Gasteiger partial charge in [-0.15, -0.1) is 0 Å². The van der Waals surface area contributed by atoms with Crippen molar-refractivity contribution >= 4 is 0 Å². The first-order chi connectivity index (χ1) is 9.33. The van der Waals surface area contributed by atoms with Gasteiger partial charge < -0.3 is 0 Å². The molecule has 0 aliphatic rings. The third kappa shape index (κ3) is 3.28. The molecule has 0 fully saturated rings. The van der Waals surface area contributed by atoms with Gasteiger partial charge in [0.1, 0.15) is 0 Å². The molecule has 0 saturated heterocycles. The first-order valence-corrected chi connectivity index (χ1v) is 9.45. The van der Waals surface area contributed by atoms with Crippen LogP contribution in [0.2, 0.25) is 0 Å². The van der Waals surface area contributed by atoms with Gasteiger partial charge in [-0.2, -0.15) is 0 Å². The average molecular weight is 377 g/mol. The summed E-state index contributed by atoms with van der Waals surface area (Å²) in [5.41, 5.74) is -1.61. The van der Waals surface area contributed by atoms with Crippen molar-refractivity contribution < 1.29 is 50.8 Å². The molecular weight excluding hydrogens is 363 g/mol. The Morgan fingerprint density at radius 1 is 0.800 bits per heavy atom. The summed E-state index contributed by atoms with van der Waals surface area (Å²) in [6, 6.07) is 0. The van der Waals surface area contributed by atoms with E-state index in [1.165, 1.54) is 21.3 Å². The van der Waals surface area contributed by atoms with Crippen LogP contribution >= 0.6 is 0 Å². The van der Waals surface area contributed by atoms with Crippen LogP contribution in [0.4, 0.5) is 17.6 Å². The minimum atomic E-state index is -4.36.